The quantitative estimate of drug-likeness (QED) is 0.431. The van der Waals surface area contributed by atoms with Crippen LogP contribution in [-0.2, 0) is 0 Å². The molecular formula is C10H20ClN. The van der Waals surface area contributed by atoms with Gasteiger partial charge in [0.1, 0.15) is 0 Å². The molecule has 1 aliphatic carbocycles. The van der Waals surface area contributed by atoms with Gasteiger partial charge in [-0.2, -0.15) is 0 Å². The maximum Gasteiger partial charge on any atom is 0.0916 e. The van der Waals surface area contributed by atoms with Crippen LogP contribution in [0.2, 0.25) is 0 Å². The maximum atomic E-state index is 2.41. The van der Waals surface area contributed by atoms with Crippen molar-refractivity contribution in [3.8, 4) is 0 Å². The minimum absolute atomic E-state index is 0. The van der Waals surface area contributed by atoms with Crippen molar-refractivity contribution >= 4 is 0 Å². The van der Waals surface area contributed by atoms with E-state index in [4.69, 9.17) is 0 Å². The van der Waals surface area contributed by atoms with Crippen LogP contribution in [0.25, 0.3) is 0 Å². The van der Waals surface area contributed by atoms with Gasteiger partial charge in [-0.15, -0.1) is 0 Å². The lowest BCUT2D eigenvalue weighted by atomic mass is 9.85. The third kappa shape index (κ3) is 1.62. The number of hydrogen-bond acceptors (Lipinski definition) is 0. The van der Waals surface area contributed by atoms with Gasteiger partial charge in [0.05, 0.1) is 26.7 Å². The van der Waals surface area contributed by atoms with Gasteiger partial charge in [-0.3, -0.25) is 0 Å². The number of nitrogens with zero attached hydrogens (tertiary/aromatic N) is 1. The summed E-state index contributed by atoms with van der Waals surface area (Å²) in [6.07, 6.45) is 7.51. The molecule has 1 saturated carbocycles. The minimum atomic E-state index is 0. The summed E-state index contributed by atoms with van der Waals surface area (Å²) in [4.78, 5) is 0. The van der Waals surface area contributed by atoms with Gasteiger partial charge in [-0.05, 0) is 19.3 Å². The number of rotatable bonds is 0. The zero-order chi connectivity index (χ0) is 7.90. The zero-order valence-electron chi connectivity index (χ0n) is 8.22. The Morgan fingerprint density at radius 1 is 1.00 bits per heavy atom. The lowest BCUT2D eigenvalue weighted by molar-refractivity contribution is -0.904. The van der Waals surface area contributed by atoms with E-state index in [0.717, 1.165) is 12.0 Å². The summed E-state index contributed by atoms with van der Waals surface area (Å²) in [6.45, 7) is 1.43. The van der Waals surface area contributed by atoms with Crippen molar-refractivity contribution in [1.29, 1.82) is 0 Å². The Balaban J connectivity index is 0.000000720. The molecule has 0 bridgehead atoms. The molecule has 0 aromatic rings. The van der Waals surface area contributed by atoms with Crippen LogP contribution in [-0.4, -0.2) is 31.2 Å². The second-order valence-corrected chi connectivity index (χ2v) is 4.90. The van der Waals surface area contributed by atoms with Crippen LogP contribution in [0.1, 0.15) is 32.1 Å². The van der Waals surface area contributed by atoms with Gasteiger partial charge in [-0.25, -0.2) is 0 Å². The van der Waals surface area contributed by atoms with Crippen LogP contribution in [0, 0.1) is 5.92 Å². The van der Waals surface area contributed by atoms with Crippen LogP contribution in [0.15, 0.2) is 0 Å². The highest BCUT2D eigenvalue weighted by Crippen LogP contribution is 2.38. The van der Waals surface area contributed by atoms with Crippen molar-refractivity contribution in [3.05, 3.63) is 0 Å². The lowest BCUT2D eigenvalue weighted by Crippen LogP contribution is -3.00. The molecule has 2 aliphatic rings. The van der Waals surface area contributed by atoms with Crippen LogP contribution in [0.4, 0.5) is 0 Å². The molecule has 2 heteroatoms. The van der Waals surface area contributed by atoms with Crippen LogP contribution in [0.5, 0.6) is 0 Å². The highest BCUT2D eigenvalue weighted by atomic mass is 35.5. The Kier molecular flexibility index (Phi) is 3.06. The first-order valence-corrected chi connectivity index (χ1v) is 5.03. The molecule has 1 saturated heterocycles. The molecule has 1 nitrogen and oxygen atoms in total. The molecule has 0 spiro atoms. The first kappa shape index (κ1) is 10.3. The third-order valence-corrected chi connectivity index (χ3v) is 3.84. The average molecular weight is 190 g/mol. The van der Waals surface area contributed by atoms with E-state index >= 15 is 0 Å². The van der Waals surface area contributed by atoms with E-state index in [-0.39, 0.29) is 12.4 Å². The Labute approximate surface area is 82.1 Å². The number of hydrogen-bond donors (Lipinski definition) is 0. The number of fused-ring (bicyclic) bond motifs is 1. The van der Waals surface area contributed by atoms with Crippen molar-refractivity contribution in [2.75, 3.05) is 20.6 Å². The Bertz CT molecular complexity index is 156. The van der Waals surface area contributed by atoms with E-state index in [9.17, 15) is 0 Å². The summed E-state index contributed by atoms with van der Waals surface area (Å²) in [5, 5.41) is 0. The molecule has 0 aromatic carbocycles. The second-order valence-electron chi connectivity index (χ2n) is 4.90. The van der Waals surface area contributed by atoms with E-state index in [1.165, 1.54) is 43.1 Å². The van der Waals surface area contributed by atoms with Crippen molar-refractivity contribution in [2.24, 2.45) is 5.92 Å². The first-order valence-electron chi connectivity index (χ1n) is 5.03. The Morgan fingerprint density at radius 3 is 2.33 bits per heavy atom. The maximum absolute atomic E-state index is 2.41. The largest absolute Gasteiger partial charge is 1.00 e. The SMILES string of the molecule is C[N+]1(C)CCC2CCCCC21.[Cl-]. The highest BCUT2D eigenvalue weighted by molar-refractivity contribution is 4.80. The molecule has 2 atom stereocenters. The molecule has 2 rings (SSSR count). The van der Waals surface area contributed by atoms with Gasteiger partial charge >= 0.3 is 0 Å². The summed E-state index contributed by atoms with van der Waals surface area (Å²) in [5.41, 5.74) is 0. The normalized spacial score (nSPS) is 38.5. The standard InChI is InChI=1S/C10H20N.ClH/c1-11(2)8-7-9-5-3-4-6-10(9)11;/h9-10H,3-8H2,1-2H3;1H/q+1;/p-1. The first-order chi connectivity index (χ1) is 5.20. The fourth-order valence-corrected chi connectivity index (χ4v) is 3.11. The number of halogens is 1. The fourth-order valence-electron chi connectivity index (χ4n) is 3.11. The molecule has 0 N–H and O–H groups in total. The van der Waals surface area contributed by atoms with Crippen molar-refractivity contribution in [2.45, 2.75) is 38.1 Å². The third-order valence-electron chi connectivity index (χ3n) is 3.84. The summed E-state index contributed by atoms with van der Waals surface area (Å²) in [7, 11) is 4.83. The van der Waals surface area contributed by atoms with Crippen molar-refractivity contribution < 1.29 is 16.9 Å². The van der Waals surface area contributed by atoms with Gasteiger partial charge in [0.25, 0.3) is 0 Å². The van der Waals surface area contributed by atoms with Crippen LogP contribution >= 0.6 is 0 Å². The molecule has 2 fully saturated rings. The molecule has 72 valence electrons. The molecule has 0 aromatic heterocycles. The molecule has 2 unspecified atom stereocenters. The lowest BCUT2D eigenvalue weighted by Gasteiger charge is -2.36. The van der Waals surface area contributed by atoms with E-state index in [2.05, 4.69) is 14.1 Å². The van der Waals surface area contributed by atoms with Gasteiger partial charge in [0.2, 0.25) is 0 Å². The smallest absolute Gasteiger partial charge is 0.0916 e. The van der Waals surface area contributed by atoms with Gasteiger partial charge in [0.15, 0.2) is 0 Å². The van der Waals surface area contributed by atoms with E-state index in [0.29, 0.717) is 0 Å². The predicted molar refractivity (Wildman–Crippen MR) is 47.3 cm³/mol. The van der Waals surface area contributed by atoms with Crippen molar-refractivity contribution in [3.63, 3.8) is 0 Å². The fraction of sp³-hybridized carbons (Fsp3) is 1.00. The Morgan fingerprint density at radius 2 is 1.67 bits per heavy atom. The molecular weight excluding hydrogens is 170 g/mol. The van der Waals surface area contributed by atoms with Gasteiger partial charge in [-0.1, -0.05) is 6.42 Å². The molecule has 0 radical (unpaired) electrons. The monoisotopic (exact) mass is 189 g/mol. The average Bonchev–Trinajstić information content (AvgIpc) is 2.29. The summed E-state index contributed by atoms with van der Waals surface area (Å²) < 4.78 is 1.31. The molecule has 1 aliphatic heterocycles. The zero-order valence-corrected chi connectivity index (χ0v) is 8.98. The van der Waals surface area contributed by atoms with Gasteiger partial charge < -0.3 is 16.9 Å². The minimum Gasteiger partial charge on any atom is -1.00 e. The van der Waals surface area contributed by atoms with E-state index in [1.54, 1.807) is 0 Å². The van der Waals surface area contributed by atoms with Crippen LogP contribution in [0.3, 0.4) is 0 Å². The Hall–Kier alpha value is 0.250. The summed E-state index contributed by atoms with van der Waals surface area (Å²) in [6, 6.07) is 1.02. The molecule has 12 heavy (non-hydrogen) atoms. The predicted octanol–water partition coefficient (Wildman–Crippen LogP) is -0.971. The topological polar surface area (TPSA) is 0 Å². The molecule has 0 amide bonds. The highest BCUT2D eigenvalue weighted by Gasteiger charge is 2.43. The van der Waals surface area contributed by atoms with Crippen molar-refractivity contribution in [1.82, 2.24) is 0 Å². The van der Waals surface area contributed by atoms with E-state index in [1.807, 2.05) is 0 Å². The van der Waals surface area contributed by atoms with Crippen LogP contribution < -0.4 is 12.4 Å². The van der Waals surface area contributed by atoms with E-state index < -0.39 is 0 Å². The second kappa shape index (κ2) is 3.55. The summed E-state index contributed by atoms with van der Waals surface area (Å²) >= 11 is 0. The molecule has 1 heterocycles. The van der Waals surface area contributed by atoms with Gasteiger partial charge in [0, 0.05) is 12.3 Å². The number of quaternary nitrogens is 1. The number of likely N-dealkylation sites (tertiary alicyclic amines) is 1. The summed E-state index contributed by atoms with van der Waals surface area (Å²) in [5.74, 6) is 1.08.